The van der Waals surface area contributed by atoms with E-state index in [-0.39, 0.29) is 12.6 Å². The minimum Gasteiger partial charge on any atom is -0.497 e. The molecule has 1 heterocycles. The second-order valence-electron chi connectivity index (χ2n) is 5.71. The van der Waals surface area contributed by atoms with Gasteiger partial charge >= 0.3 is 12.2 Å². The molecule has 1 fully saturated rings. The Kier molecular flexibility index (Phi) is 6.30. The van der Waals surface area contributed by atoms with Crippen LogP contribution in [-0.2, 0) is 0 Å². The van der Waals surface area contributed by atoms with Gasteiger partial charge in [0.2, 0.25) is 0 Å². The smallest absolute Gasteiger partial charge is 0.405 e. The molecule has 0 aliphatic carbocycles. The predicted octanol–water partition coefficient (Wildman–Crippen LogP) is 2.69. The van der Waals surface area contributed by atoms with Gasteiger partial charge in [0, 0.05) is 6.54 Å². The molecule has 0 saturated carbocycles. The maximum Gasteiger partial charge on any atom is 0.405 e. The summed E-state index contributed by atoms with van der Waals surface area (Å²) >= 11 is 0. The molecule has 1 saturated heterocycles. The van der Waals surface area contributed by atoms with Gasteiger partial charge in [-0.05, 0) is 43.6 Å². The van der Waals surface area contributed by atoms with Crippen molar-refractivity contribution in [2.45, 2.75) is 25.1 Å². The number of ether oxygens (including phenoxy) is 1. The minimum absolute atomic E-state index is 0.0740. The van der Waals surface area contributed by atoms with Crippen molar-refractivity contribution in [3.63, 3.8) is 0 Å². The van der Waals surface area contributed by atoms with Crippen LogP contribution in [0.2, 0.25) is 0 Å². The Bertz CT molecular complexity index is 528. The summed E-state index contributed by atoms with van der Waals surface area (Å²) in [5.74, 6) is 0.731. The number of urea groups is 1. The van der Waals surface area contributed by atoms with Crippen molar-refractivity contribution >= 4 is 6.03 Å². The molecule has 1 aliphatic heterocycles. The summed E-state index contributed by atoms with van der Waals surface area (Å²) in [7, 11) is 1.58. The fraction of sp³-hybridized carbons (Fsp3) is 0.562. The second kappa shape index (κ2) is 8.23. The molecule has 1 atom stereocenters. The van der Waals surface area contributed by atoms with Gasteiger partial charge < -0.3 is 15.4 Å². The van der Waals surface area contributed by atoms with E-state index in [0.717, 1.165) is 37.2 Å². The number of hydrogen-bond donors (Lipinski definition) is 2. The van der Waals surface area contributed by atoms with Gasteiger partial charge in [0.1, 0.15) is 12.3 Å². The zero-order valence-electron chi connectivity index (χ0n) is 13.5. The summed E-state index contributed by atoms with van der Waals surface area (Å²) in [4.78, 5) is 13.8. The van der Waals surface area contributed by atoms with Gasteiger partial charge in [-0.1, -0.05) is 12.1 Å². The molecule has 1 aromatic carbocycles. The molecular weight excluding hydrogens is 323 g/mol. The normalized spacial score (nSPS) is 16.7. The van der Waals surface area contributed by atoms with E-state index >= 15 is 0 Å². The standard InChI is InChI=1S/C16H22F3N3O2/c1-24-13-6-4-12(5-7-13)14(22-8-2-3-9-22)10-20-15(23)21-11-16(17,18)19/h4-7,14H,2-3,8-11H2,1H3,(H2,20,21,23). The fourth-order valence-electron chi connectivity index (χ4n) is 2.77. The second-order valence-corrected chi connectivity index (χ2v) is 5.71. The average Bonchev–Trinajstić information content (AvgIpc) is 3.07. The van der Waals surface area contributed by atoms with E-state index in [1.807, 2.05) is 29.6 Å². The quantitative estimate of drug-likeness (QED) is 0.834. The maximum absolute atomic E-state index is 12.1. The number of alkyl halides is 3. The van der Waals surface area contributed by atoms with Gasteiger partial charge in [-0.2, -0.15) is 13.2 Å². The lowest BCUT2D eigenvalue weighted by Gasteiger charge is -2.28. The molecule has 5 nitrogen and oxygen atoms in total. The highest BCUT2D eigenvalue weighted by atomic mass is 19.4. The van der Waals surface area contributed by atoms with Crippen LogP contribution in [0.4, 0.5) is 18.0 Å². The van der Waals surface area contributed by atoms with Gasteiger partial charge in [-0.15, -0.1) is 0 Å². The lowest BCUT2D eigenvalue weighted by molar-refractivity contribution is -0.122. The Hall–Kier alpha value is -1.96. The van der Waals surface area contributed by atoms with Gasteiger partial charge in [-0.3, -0.25) is 4.90 Å². The highest BCUT2D eigenvalue weighted by molar-refractivity contribution is 5.73. The number of rotatable bonds is 6. The zero-order valence-corrected chi connectivity index (χ0v) is 13.5. The molecule has 2 N–H and O–H groups in total. The summed E-state index contributed by atoms with van der Waals surface area (Å²) in [6, 6.07) is 6.61. The van der Waals surface area contributed by atoms with Crippen LogP contribution < -0.4 is 15.4 Å². The van der Waals surface area contributed by atoms with Crippen molar-refractivity contribution in [3.8, 4) is 5.75 Å². The first-order valence-corrected chi connectivity index (χ1v) is 7.85. The Morgan fingerprint density at radius 2 is 1.83 bits per heavy atom. The molecular formula is C16H22F3N3O2. The van der Waals surface area contributed by atoms with Crippen molar-refractivity contribution in [1.82, 2.24) is 15.5 Å². The first kappa shape index (κ1) is 18.4. The zero-order chi connectivity index (χ0) is 17.6. The lowest BCUT2D eigenvalue weighted by Crippen LogP contribution is -2.44. The number of halogens is 3. The largest absolute Gasteiger partial charge is 0.497 e. The van der Waals surface area contributed by atoms with Gasteiger partial charge in [0.25, 0.3) is 0 Å². The SMILES string of the molecule is COc1ccc(C(CNC(=O)NCC(F)(F)F)N2CCCC2)cc1. The first-order valence-electron chi connectivity index (χ1n) is 7.85. The Balaban J connectivity index is 1.97. The van der Waals surface area contributed by atoms with Crippen molar-refractivity contribution < 1.29 is 22.7 Å². The lowest BCUT2D eigenvalue weighted by atomic mass is 10.1. The van der Waals surface area contributed by atoms with E-state index in [4.69, 9.17) is 4.74 Å². The molecule has 2 rings (SSSR count). The van der Waals surface area contributed by atoms with Crippen LogP contribution in [0.5, 0.6) is 5.75 Å². The highest BCUT2D eigenvalue weighted by Gasteiger charge is 2.28. The molecule has 1 unspecified atom stereocenters. The van der Waals surface area contributed by atoms with E-state index < -0.39 is 18.8 Å². The third-order valence-corrected chi connectivity index (χ3v) is 3.99. The first-order chi connectivity index (χ1) is 11.4. The van der Waals surface area contributed by atoms with E-state index in [9.17, 15) is 18.0 Å². The summed E-state index contributed by atoms with van der Waals surface area (Å²) in [6.45, 7) is 0.719. The number of nitrogens with one attached hydrogen (secondary N) is 2. The third-order valence-electron chi connectivity index (χ3n) is 3.99. The average molecular weight is 345 g/mol. The van der Waals surface area contributed by atoms with Crippen LogP contribution >= 0.6 is 0 Å². The van der Waals surface area contributed by atoms with Crippen molar-refractivity contribution in [2.75, 3.05) is 33.3 Å². The van der Waals surface area contributed by atoms with Crippen LogP contribution in [0.25, 0.3) is 0 Å². The van der Waals surface area contributed by atoms with E-state index in [1.165, 1.54) is 0 Å². The van der Waals surface area contributed by atoms with Crippen LogP contribution in [-0.4, -0.2) is 50.4 Å². The number of carbonyl (C=O) groups excluding carboxylic acids is 1. The van der Waals surface area contributed by atoms with Crippen LogP contribution in [0, 0.1) is 0 Å². The van der Waals surface area contributed by atoms with Crippen molar-refractivity contribution in [2.24, 2.45) is 0 Å². The molecule has 0 radical (unpaired) electrons. The molecule has 2 amide bonds. The maximum atomic E-state index is 12.1. The topological polar surface area (TPSA) is 53.6 Å². The van der Waals surface area contributed by atoms with E-state index in [1.54, 1.807) is 7.11 Å². The summed E-state index contributed by atoms with van der Waals surface area (Å²) in [6.07, 6.45) is -2.26. The summed E-state index contributed by atoms with van der Waals surface area (Å²) in [5.41, 5.74) is 0.994. The van der Waals surface area contributed by atoms with E-state index in [0.29, 0.717) is 0 Å². The Morgan fingerprint density at radius 1 is 1.21 bits per heavy atom. The highest BCUT2D eigenvalue weighted by Crippen LogP contribution is 2.26. The van der Waals surface area contributed by atoms with Gasteiger partial charge in [-0.25, -0.2) is 4.79 Å². The molecule has 0 spiro atoms. The van der Waals surface area contributed by atoms with Gasteiger partial charge in [0.15, 0.2) is 0 Å². The number of methoxy groups -OCH3 is 1. The predicted molar refractivity (Wildman–Crippen MR) is 84.0 cm³/mol. The summed E-state index contributed by atoms with van der Waals surface area (Å²) < 4.78 is 41.5. The number of nitrogens with zero attached hydrogens (tertiary/aromatic N) is 1. The molecule has 24 heavy (non-hydrogen) atoms. The number of hydrogen-bond acceptors (Lipinski definition) is 3. The van der Waals surface area contributed by atoms with E-state index in [2.05, 4.69) is 10.2 Å². The van der Waals surface area contributed by atoms with Crippen molar-refractivity contribution in [3.05, 3.63) is 29.8 Å². The van der Waals surface area contributed by atoms with Crippen molar-refractivity contribution in [1.29, 1.82) is 0 Å². The van der Waals surface area contributed by atoms with Crippen LogP contribution in [0.3, 0.4) is 0 Å². The molecule has 1 aliphatic rings. The third kappa shape index (κ3) is 5.59. The minimum atomic E-state index is -4.42. The number of amides is 2. The van der Waals surface area contributed by atoms with Crippen LogP contribution in [0.1, 0.15) is 24.4 Å². The Morgan fingerprint density at radius 3 is 2.38 bits per heavy atom. The molecule has 134 valence electrons. The summed E-state index contributed by atoms with van der Waals surface area (Å²) in [5, 5.41) is 4.36. The molecule has 8 heteroatoms. The van der Waals surface area contributed by atoms with Crippen LogP contribution in [0.15, 0.2) is 24.3 Å². The Labute approximate surface area is 139 Å². The molecule has 0 bridgehead atoms. The number of carbonyl (C=O) groups is 1. The fourth-order valence-corrected chi connectivity index (χ4v) is 2.77. The molecule has 1 aromatic rings. The molecule has 0 aromatic heterocycles. The number of benzene rings is 1. The number of likely N-dealkylation sites (tertiary alicyclic amines) is 1. The monoisotopic (exact) mass is 345 g/mol. The van der Waals surface area contributed by atoms with Gasteiger partial charge in [0.05, 0.1) is 13.2 Å².